The van der Waals surface area contributed by atoms with Crippen molar-refractivity contribution in [2.75, 3.05) is 18.0 Å². The van der Waals surface area contributed by atoms with Crippen molar-refractivity contribution in [3.05, 3.63) is 64.2 Å². The third-order valence-corrected chi connectivity index (χ3v) is 4.04. The first-order valence-electron chi connectivity index (χ1n) is 7.91. The van der Waals surface area contributed by atoms with E-state index in [0.29, 0.717) is 16.3 Å². The van der Waals surface area contributed by atoms with Crippen molar-refractivity contribution >= 4 is 35.1 Å². The Bertz CT molecular complexity index is 814. The van der Waals surface area contributed by atoms with E-state index in [1.165, 1.54) is 4.90 Å². The Morgan fingerprint density at radius 1 is 1.04 bits per heavy atom. The maximum atomic E-state index is 13.0. The molecule has 136 valence electrons. The van der Waals surface area contributed by atoms with Crippen molar-refractivity contribution in [3.63, 3.8) is 0 Å². The summed E-state index contributed by atoms with van der Waals surface area (Å²) in [5.41, 5.74) is 2.66. The van der Waals surface area contributed by atoms with Gasteiger partial charge in [-0.1, -0.05) is 29.8 Å². The summed E-state index contributed by atoms with van der Waals surface area (Å²) in [5, 5.41) is 11.5. The van der Waals surface area contributed by atoms with E-state index >= 15 is 0 Å². The molecule has 0 saturated heterocycles. The normalized spacial score (nSPS) is 10.3. The Balaban J connectivity index is 2.38. The molecule has 0 fully saturated rings. The molecular formula is C19H19ClN2O4. The molecular weight excluding hydrogens is 356 g/mol. The van der Waals surface area contributed by atoms with Gasteiger partial charge in [-0.3, -0.25) is 19.3 Å². The minimum atomic E-state index is -1.15. The lowest BCUT2D eigenvalue weighted by atomic mass is 10.1. The van der Waals surface area contributed by atoms with E-state index in [4.69, 9.17) is 16.7 Å². The lowest BCUT2D eigenvalue weighted by molar-refractivity contribution is -0.137. The Morgan fingerprint density at radius 2 is 1.62 bits per heavy atom. The molecule has 0 aliphatic carbocycles. The molecule has 2 aromatic carbocycles. The second-order valence-electron chi connectivity index (χ2n) is 5.81. The zero-order valence-electron chi connectivity index (χ0n) is 14.5. The molecule has 0 heterocycles. The van der Waals surface area contributed by atoms with Gasteiger partial charge in [0.25, 0.3) is 5.91 Å². The maximum Gasteiger partial charge on any atom is 0.322 e. The summed E-state index contributed by atoms with van der Waals surface area (Å²) in [5.74, 6) is -2.08. The molecule has 0 saturated carbocycles. The van der Waals surface area contributed by atoms with E-state index in [1.54, 1.807) is 24.3 Å². The van der Waals surface area contributed by atoms with Gasteiger partial charge in [0.1, 0.15) is 13.1 Å². The average Bonchev–Trinajstić information content (AvgIpc) is 2.59. The van der Waals surface area contributed by atoms with Gasteiger partial charge in [0.15, 0.2) is 0 Å². The number of para-hydroxylation sites is 1. The average molecular weight is 375 g/mol. The Labute approximate surface area is 156 Å². The largest absolute Gasteiger partial charge is 0.480 e. The van der Waals surface area contributed by atoms with Gasteiger partial charge in [0, 0.05) is 10.6 Å². The molecule has 26 heavy (non-hydrogen) atoms. The molecule has 0 aliphatic rings. The smallest absolute Gasteiger partial charge is 0.322 e. The van der Waals surface area contributed by atoms with E-state index in [9.17, 15) is 14.4 Å². The number of amides is 2. The fraction of sp³-hybridized carbons (Fsp3) is 0.211. The zero-order chi connectivity index (χ0) is 19.3. The fourth-order valence-corrected chi connectivity index (χ4v) is 2.73. The Morgan fingerprint density at radius 3 is 2.15 bits per heavy atom. The van der Waals surface area contributed by atoms with Crippen LogP contribution < -0.4 is 10.2 Å². The van der Waals surface area contributed by atoms with Crippen LogP contribution in [0.3, 0.4) is 0 Å². The number of benzene rings is 2. The summed E-state index contributed by atoms with van der Waals surface area (Å²) < 4.78 is 0. The van der Waals surface area contributed by atoms with Crippen LogP contribution in [-0.2, 0) is 9.59 Å². The van der Waals surface area contributed by atoms with E-state index < -0.39 is 18.4 Å². The van der Waals surface area contributed by atoms with Crippen LogP contribution in [0.2, 0.25) is 5.02 Å². The first kappa shape index (κ1) is 19.5. The Hall–Kier alpha value is -2.86. The molecule has 2 amide bonds. The summed E-state index contributed by atoms with van der Waals surface area (Å²) in [6.07, 6.45) is 0. The topological polar surface area (TPSA) is 86.7 Å². The second-order valence-corrected chi connectivity index (χ2v) is 6.25. The highest BCUT2D eigenvalue weighted by molar-refractivity contribution is 6.30. The van der Waals surface area contributed by atoms with Crippen molar-refractivity contribution in [2.45, 2.75) is 13.8 Å². The summed E-state index contributed by atoms with van der Waals surface area (Å²) in [7, 11) is 0. The molecule has 0 aromatic heterocycles. The molecule has 2 aromatic rings. The maximum absolute atomic E-state index is 13.0. The molecule has 6 nitrogen and oxygen atoms in total. The SMILES string of the molecule is Cc1cccc(C)c1N(CC(=O)NCC(=O)O)C(=O)c1ccc(Cl)cc1. The molecule has 0 atom stereocenters. The van der Waals surface area contributed by atoms with Gasteiger partial charge >= 0.3 is 5.97 Å². The minimum absolute atomic E-state index is 0.291. The van der Waals surface area contributed by atoms with Crippen LogP contribution in [0.5, 0.6) is 0 Å². The number of hydrogen-bond acceptors (Lipinski definition) is 3. The van der Waals surface area contributed by atoms with Gasteiger partial charge in [-0.15, -0.1) is 0 Å². The van der Waals surface area contributed by atoms with Crippen molar-refractivity contribution in [3.8, 4) is 0 Å². The third kappa shape index (κ3) is 4.83. The van der Waals surface area contributed by atoms with Gasteiger partial charge in [-0.25, -0.2) is 0 Å². The molecule has 0 spiro atoms. The van der Waals surface area contributed by atoms with E-state index in [-0.39, 0.29) is 12.5 Å². The predicted molar refractivity (Wildman–Crippen MR) is 99.7 cm³/mol. The van der Waals surface area contributed by atoms with Gasteiger partial charge in [0.05, 0.1) is 5.69 Å². The zero-order valence-corrected chi connectivity index (χ0v) is 15.2. The molecule has 0 radical (unpaired) electrons. The third-order valence-electron chi connectivity index (χ3n) is 3.78. The lowest BCUT2D eigenvalue weighted by Crippen LogP contribution is -2.42. The highest BCUT2D eigenvalue weighted by atomic mass is 35.5. The first-order chi connectivity index (χ1) is 12.3. The highest BCUT2D eigenvalue weighted by Gasteiger charge is 2.23. The van der Waals surface area contributed by atoms with Crippen LogP contribution in [-0.4, -0.2) is 36.0 Å². The number of aryl methyl sites for hydroxylation is 2. The van der Waals surface area contributed by atoms with E-state index in [0.717, 1.165) is 11.1 Å². The van der Waals surface area contributed by atoms with Crippen LogP contribution in [0.25, 0.3) is 0 Å². The van der Waals surface area contributed by atoms with Crippen molar-refractivity contribution < 1.29 is 19.5 Å². The molecule has 7 heteroatoms. The summed E-state index contributed by atoms with van der Waals surface area (Å²) in [4.78, 5) is 37.2. The van der Waals surface area contributed by atoms with Crippen LogP contribution in [0.15, 0.2) is 42.5 Å². The quantitative estimate of drug-likeness (QED) is 0.814. The molecule has 2 N–H and O–H groups in total. The summed E-state index contributed by atoms with van der Waals surface area (Å²) in [6.45, 7) is 2.90. The number of carbonyl (C=O) groups excluding carboxylic acids is 2. The van der Waals surface area contributed by atoms with Crippen LogP contribution >= 0.6 is 11.6 Å². The van der Waals surface area contributed by atoms with Crippen molar-refractivity contribution in [1.29, 1.82) is 0 Å². The fourth-order valence-electron chi connectivity index (χ4n) is 2.61. The number of carbonyl (C=O) groups is 3. The van der Waals surface area contributed by atoms with Crippen LogP contribution in [0.4, 0.5) is 5.69 Å². The van der Waals surface area contributed by atoms with Crippen molar-refractivity contribution in [2.24, 2.45) is 0 Å². The second kappa shape index (κ2) is 8.49. The lowest BCUT2D eigenvalue weighted by Gasteiger charge is -2.26. The van der Waals surface area contributed by atoms with Crippen molar-refractivity contribution in [1.82, 2.24) is 5.32 Å². The number of aliphatic carboxylic acids is 1. The van der Waals surface area contributed by atoms with Gasteiger partial charge < -0.3 is 10.4 Å². The number of nitrogens with zero attached hydrogens (tertiary/aromatic N) is 1. The number of anilines is 1. The molecule has 2 rings (SSSR count). The number of carboxylic acids is 1. The molecule has 0 aliphatic heterocycles. The van der Waals surface area contributed by atoms with Gasteiger partial charge in [-0.05, 0) is 49.2 Å². The number of rotatable bonds is 6. The Kier molecular flexibility index (Phi) is 6.36. The number of hydrogen-bond donors (Lipinski definition) is 2. The minimum Gasteiger partial charge on any atom is -0.480 e. The van der Waals surface area contributed by atoms with E-state index in [1.807, 2.05) is 32.0 Å². The number of carboxylic acid groups (broad SMARTS) is 1. The number of nitrogens with one attached hydrogen (secondary N) is 1. The van der Waals surface area contributed by atoms with Crippen LogP contribution in [0, 0.1) is 13.8 Å². The van der Waals surface area contributed by atoms with Gasteiger partial charge in [0.2, 0.25) is 5.91 Å². The monoisotopic (exact) mass is 374 g/mol. The first-order valence-corrected chi connectivity index (χ1v) is 8.29. The predicted octanol–water partition coefficient (Wildman–Crippen LogP) is 2.80. The standard InChI is InChI=1S/C19H19ClN2O4/c1-12-4-3-5-13(2)18(12)22(11-16(23)21-10-17(24)25)19(26)14-6-8-15(20)9-7-14/h3-9H,10-11H2,1-2H3,(H,21,23)(H,24,25). The van der Waals surface area contributed by atoms with E-state index in [2.05, 4.69) is 5.32 Å². The molecule has 0 bridgehead atoms. The summed E-state index contributed by atoms with van der Waals surface area (Å²) >= 11 is 5.87. The van der Waals surface area contributed by atoms with Crippen LogP contribution in [0.1, 0.15) is 21.5 Å². The summed E-state index contributed by atoms with van der Waals surface area (Å²) in [6, 6.07) is 11.9. The van der Waals surface area contributed by atoms with Gasteiger partial charge in [-0.2, -0.15) is 0 Å². The highest BCUT2D eigenvalue weighted by Crippen LogP contribution is 2.26. The molecule has 0 unspecified atom stereocenters. The number of halogens is 1.